The summed E-state index contributed by atoms with van der Waals surface area (Å²) in [7, 11) is 0. The first-order valence-electron chi connectivity index (χ1n) is 6.76. The van der Waals surface area contributed by atoms with Gasteiger partial charge in [0.2, 0.25) is 0 Å². The number of para-hydroxylation sites is 1. The molecule has 0 aliphatic carbocycles. The molecule has 1 aliphatic rings. The predicted molar refractivity (Wildman–Crippen MR) is 77.5 cm³/mol. The summed E-state index contributed by atoms with van der Waals surface area (Å²) in [6, 6.07) is 10.7. The summed E-state index contributed by atoms with van der Waals surface area (Å²) in [4.78, 5) is 14.0. The summed E-state index contributed by atoms with van der Waals surface area (Å²) in [5, 5.41) is 2.60. The van der Waals surface area contributed by atoms with E-state index < -0.39 is 11.6 Å². The minimum Gasteiger partial charge on any atom is -0.307 e. The average molecular weight is 288 g/mol. The maximum atomic E-state index is 13.2. The third-order valence-electron chi connectivity index (χ3n) is 3.53. The summed E-state index contributed by atoms with van der Waals surface area (Å²) in [5.74, 6) is -1.91. The Kier molecular flexibility index (Phi) is 3.56. The van der Waals surface area contributed by atoms with Crippen molar-refractivity contribution in [3.05, 3.63) is 59.7 Å². The van der Waals surface area contributed by atoms with Gasteiger partial charge in [-0.15, -0.1) is 0 Å². The maximum Gasteiger partial charge on any atom is 0.326 e. The largest absolute Gasteiger partial charge is 0.326 e. The summed E-state index contributed by atoms with van der Waals surface area (Å²) < 4.78 is 26.1. The summed E-state index contributed by atoms with van der Waals surface area (Å²) in [6.07, 6.45) is 1.81. The molecular formula is C16H14F2N2O. The molecule has 2 aromatic carbocycles. The molecule has 3 nitrogen and oxygen atoms in total. The Morgan fingerprint density at radius 2 is 1.90 bits per heavy atom. The van der Waals surface area contributed by atoms with Crippen molar-refractivity contribution in [2.75, 3.05) is 16.8 Å². The number of rotatable bonds is 1. The molecule has 0 saturated carbocycles. The molecular weight excluding hydrogens is 274 g/mol. The fraction of sp³-hybridized carbons (Fsp3) is 0.188. The molecule has 5 heteroatoms. The number of carbonyl (C=O) groups excluding carboxylic acids is 1. The van der Waals surface area contributed by atoms with Crippen molar-refractivity contribution in [1.29, 1.82) is 0 Å². The van der Waals surface area contributed by atoms with E-state index in [0.29, 0.717) is 6.54 Å². The van der Waals surface area contributed by atoms with Crippen molar-refractivity contribution in [1.82, 2.24) is 0 Å². The first kappa shape index (κ1) is 13.5. The molecule has 0 saturated heterocycles. The lowest BCUT2D eigenvalue weighted by Crippen LogP contribution is -2.38. The lowest BCUT2D eigenvalue weighted by molar-refractivity contribution is 0.256. The maximum absolute atomic E-state index is 13.2. The number of anilines is 2. The second kappa shape index (κ2) is 5.52. The Bertz CT molecular complexity index is 688. The Hall–Kier alpha value is -2.43. The Morgan fingerprint density at radius 3 is 2.71 bits per heavy atom. The predicted octanol–water partition coefficient (Wildman–Crippen LogP) is 3.95. The van der Waals surface area contributed by atoms with Crippen LogP contribution in [-0.4, -0.2) is 12.6 Å². The fourth-order valence-corrected chi connectivity index (χ4v) is 2.51. The van der Waals surface area contributed by atoms with Gasteiger partial charge in [-0.05, 0) is 36.6 Å². The second-order valence-electron chi connectivity index (χ2n) is 4.94. The van der Waals surface area contributed by atoms with Gasteiger partial charge in [0.05, 0.1) is 0 Å². The minimum atomic E-state index is -0.980. The van der Waals surface area contributed by atoms with E-state index in [4.69, 9.17) is 0 Å². The first-order chi connectivity index (χ1) is 10.1. The Labute approximate surface area is 121 Å². The van der Waals surface area contributed by atoms with E-state index in [2.05, 4.69) is 5.32 Å². The number of aryl methyl sites for hydroxylation is 1. The van der Waals surface area contributed by atoms with Crippen LogP contribution in [-0.2, 0) is 6.42 Å². The molecule has 1 heterocycles. The van der Waals surface area contributed by atoms with Crippen molar-refractivity contribution in [3.8, 4) is 0 Å². The van der Waals surface area contributed by atoms with E-state index in [1.807, 2.05) is 24.3 Å². The standard InChI is InChI=1S/C16H14F2N2O/c17-13-8-7-12(10-14(13)18)19-16(21)20-9-3-5-11-4-1-2-6-15(11)20/h1-2,4,6-8,10H,3,5,9H2,(H,19,21). The van der Waals surface area contributed by atoms with Crippen LogP contribution in [0.1, 0.15) is 12.0 Å². The summed E-state index contributed by atoms with van der Waals surface area (Å²) >= 11 is 0. The number of hydrogen-bond donors (Lipinski definition) is 1. The number of halogens is 2. The molecule has 2 aromatic rings. The quantitative estimate of drug-likeness (QED) is 0.846. The molecule has 0 unspecified atom stereocenters. The van der Waals surface area contributed by atoms with Crippen LogP contribution in [0, 0.1) is 11.6 Å². The summed E-state index contributed by atoms with van der Waals surface area (Å²) in [5.41, 5.74) is 2.22. The van der Waals surface area contributed by atoms with Crippen LogP contribution in [0.5, 0.6) is 0 Å². The lowest BCUT2D eigenvalue weighted by atomic mass is 10.0. The number of hydrogen-bond acceptors (Lipinski definition) is 1. The highest BCUT2D eigenvalue weighted by Gasteiger charge is 2.22. The fourth-order valence-electron chi connectivity index (χ4n) is 2.51. The lowest BCUT2D eigenvalue weighted by Gasteiger charge is -2.29. The van der Waals surface area contributed by atoms with Crippen LogP contribution >= 0.6 is 0 Å². The zero-order valence-corrected chi connectivity index (χ0v) is 11.3. The second-order valence-corrected chi connectivity index (χ2v) is 4.94. The van der Waals surface area contributed by atoms with Gasteiger partial charge in [0.1, 0.15) is 0 Å². The number of fused-ring (bicyclic) bond motifs is 1. The van der Waals surface area contributed by atoms with Crippen LogP contribution < -0.4 is 10.2 Å². The molecule has 0 bridgehead atoms. The van der Waals surface area contributed by atoms with Crippen molar-refractivity contribution < 1.29 is 13.6 Å². The highest BCUT2D eigenvalue weighted by atomic mass is 19.2. The molecule has 0 atom stereocenters. The van der Waals surface area contributed by atoms with Gasteiger partial charge < -0.3 is 5.32 Å². The molecule has 0 aromatic heterocycles. The Morgan fingerprint density at radius 1 is 1.10 bits per heavy atom. The zero-order valence-electron chi connectivity index (χ0n) is 11.3. The third kappa shape index (κ3) is 2.72. The van der Waals surface area contributed by atoms with Gasteiger partial charge in [0.25, 0.3) is 0 Å². The molecule has 0 fully saturated rings. The van der Waals surface area contributed by atoms with Gasteiger partial charge in [0.15, 0.2) is 11.6 Å². The molecule has 108 valence electrons. The van der Waals surface area contributed by atoms with Crippen molar-refractivity contribution in [2.24, 2.45) is 0 Å². The van der Waals surface area contributed by atoms with E-state index in [9.17, 15) is 13.6 Å². The molecule has 0 radical (unpaired) electrons. The number of benzene rings is 2. The van der Waals surface area contributed by atoms with Crippen LogP contribution in [0.3, 0.4) is 0 Å². The van der Waals surface area contributed by atoms with Crippen LogP contribution in [0.4, 0.5) is 25.0 Å². The van der Waals surface area contributed by atoms with E-state index in [1.54, 1.807) is 4.90 Å². The van der Waals surface area contributed by atoms with Gasteiger partial charge in [-0.1, -0.05) is 18.2 Å². The number of nitrogens with one attached hydrogen (secondary N) is 1. The van der Waals surface area contributed by atoms with E-state index >= 15 is 0 Å². The molecule has 21 heavy (non-hydrogen) atoms. The number of amides is 2. The van der Waals surface area contributed by atoms with E-state index in [0.717, 1.165) is 36.2 Å². The van der Waals surface area contributed by atoms with Crippen LogP contribution in [0.2, 0.25) is 0 Å². The minimum absolute atomic E-state index is 0.238. The van der Waals surface area contributed by atoms with E-state index in [-0.39, 0.29) is 11.7 Å². The first-order valence-corrected chi connectivity index (χ1v) is 6.76. The highest BCUT2D eigenvalue weighted by Crippen LogP contribution is 2.27. The Balaban J connectivity index is 1.81. The zero-order chi connectivity index (χ0) is 14.8. The van der Waals surface area contributed by atoms with Gasteiger partial charge in [0, 0.05) is 24.0 Å². The average Bonchev–Trinajstić information content (AvgIpc) is 2.50. The highest BCUT2D eigenvalue weighted by molar-refractivity contribution is 6.02. The monoisotopic (exact) mass is 288 g/mol. The van der Waals surface area contributed by atoms with Crippen molar-refractivity contribution >= 4 is 17.4 Å². The number of urea groups is 1. The molecule has 1 N–H and O–H groups in total. The molecule has 2 amide bonds. The molecule has 1 aliphatic heterocycles. The van der Waals surface area contributed by atoms with Crippen LogP contribution in [0.25, 0.3) is 0 Å². The van der Waals surface area contributed by atoms with Gasteiger partial charge in [-0.25, -0.2) is 13.6 Å². The molecule has 3 rings (SSSR count). The third-order valence-corrected chi connectivity index (χ3v) is 3.53. The smallest absolute Gasteiger partial charge is 0.307 e. The SMILES string of the molecule is O=C(Nc1ccc(F)c(F)c1)N1CCCc2ccccc21. The van der Waals surface area contributed by atoms with Crippen LogP contribution in [0.15, 0.2) is 42.5 Å². The molecule has 0 spiro atoms. The van der Waals surface area contributed by atoms with Gasteiger partial charge in [-0.2, -0.15) is 0 Å². The number of carbonyl (C=O) groups is 1. The summed E-state index contributed by atoms with van der Waals surface area (Å²) in [6.45, 7) is 0.604. The normalized spacial score (nSPS) is 13.7. The topological polar surface area (TPSA) is 32.3 Å². The van der Waals surface area contributed by atoms with Crippen molar-refractivity contribution in [3.63, 3.8) is 0 Å². The van der Waals surface area contributed by atoms with Gasteiger partial charge >= 0.3 is 6.03 Å². The van der Waals surface area contributed by atoms with Crippen molar-refractivity contribution in [2.45, 2.75) is 12.8 Å². The van der Waals surface area contributed by atoms with Gasteiger partial charge in [-0.3, -0.25) is 4.90 Å². The van der Waals surface area contributed by atoms with E-state index in [1.165, 1.54) is 6.07 Å². The number of nitrogens with zero attached hydrogens (tertiary/aromatic N) is 1.